The second kappa shape index (κ2) is 8.27. The minimum atomic E-state index is 0.508. The summed E-state index contributed by atoms with van der Waals surface area (Å²) in [5, 5.41) is 2.08. The Kier molecular flexibility index (Phi) is 5.39. The van der Waals surface area contributed by atoms with Crippen LogP contribution in [0.5, 0.6) is 17.2 Å². The first-order valence-corrected chi connectivity index (χ1v) is 9.62. The summed E-state index contributed by atoms with van der Waals surface area (Å²) in [6, 6.07) is 26.7. The third kappa shape index (κ3) is 3.77. The van der Waals surface area contributed by atoms with Crippen molar-refractivity contribution in [2.75, 3.05) is 14.2 Å². The summed E-state index contributed by atoms with van der Waals surface area (Å²) in [5.74, 6) is 2.23. The number of aryl methyl sites for hydroxylation is 1. The van der Waals surface area contributed by atoms with Crippen molar-refractivity contribution in [1.29, 1.82) is 0 Å². The molecule has 0 aliphatic heterocycles. The van der Waals surface area contributed by atoms with E-state index < -0.39 is 0 Å². The van der Waals surface area contributed by atoms with Crippen molar-refractivity contribution in [2.45, 2.75) is 13.5 Å². The number of ether oxygens (including phenoxy) is 3. The van der Waals surface area contributed by atoms with Gasteiger partial charge in [0.2, 0.25) is 0 Å². The van der Waals surface area contributed by atoms with Crippen molar-refractivity contribution >= 4 is 10.8 Å². The SMILES string of the molecule is COc1cc2c(OCc3ccccc3)cc(C)c(-c3ccccc3)c2cc1OC. The minimum Gasteiger partial charge on any atom is -0.493 e. The quantitative estimate of drug-likeness (QED) is 0.384. The molecule has 0 bridgehead atoms. The molecule has 0 saturated carbocycles. The van der Waals surface area contributed by atoms with Crippen LogP contribution >= 0.6 is 0 Å². The van der Waals surface area contributed by atoms with E-state index in [1.165, 1.54) is 5.56 Å². The maximum atomic E-state index is 6.25. The van der Waals surface area contributed by atoms with E-state index in [9.17, 15) is 0 Å². The molecule has 0 aromatic heterocycles. The molecule has 4 rings (SSSR count). The van der Waals surface area contributed by atoms with Crippen LogP contribution in [-0.2, 0) is 6.61 Å². The third-order valence-electron chi connectivity index (χ3n) is 5.10. The molecule has 29 heavy (non-hydrogen) atoms. The fraction of sp³-hybridized carbons (Fsp3) is 0.154. The Bertz CT molecular complexity index is 1120. The van der Waals surface area contributed by atoms with Gasteiger partial charge in [-0.2, -0.15) is 0 Å². The highest BCUT2D eigenvalue weighted by atomic mass is 16.5. The maximum Gasteiger partial charge on any atom is 0.161 e. The summed E-state index contributed by atoms with van der Waals surface area (Å²) in [4.78, 5) is 0. The van der Waals surface area contributed by atoms with Gasteiger partial charge in [0.25, 0.3) is 0 Å². The van der Waals surface area contributed by atoms with Crippen LogP contribution in [0.25, 0.3) is 21.9 Å². The Morgan fingerprint density at radius 3 is 1.86 bits per heavy atom. The van der Waals surface area contributed by atoms with Crippen molar-refractivity contribution in [3.63, 3.8) is 0 Å². The summed E-state index contributed by atoms with van der Waals surface area (Å²) < 4.78 is 17.4. The second-order valence-corrected chi connectivity index (χ2v) is 6.96. The number of hydrogen-bond donors (Lipinski definition) is 0. The summed E-state index contributed by atoms with van der Waals surface area (Å²) in [5.41, 5.74) is 4.62. The van der Waals surface area contributed by atoms with Gasteiger partial charge in [-0.1, -0.05) is 60.7 Å². The molecule has 0 fully saturated rings. The highest BCUT2D eigenvalue weighted by Gasteiger charge is 2.16. The van der Waals surface area contributed by atoms with Gasteiger partial charge in [-0.3, -0.25) is 0 Å². The zero-order chi connectivity index (χ0) is 20.2. The fourth-order valence-corrected chi connectivity index (χ4v) is 3.69. The fourth-order valence-electron chi connectivity index (χ4n) is 3.69. The number of benzene rings is 4. The summed E-state index contributed by atoms with van der Waals surface area (Å²) >= 11 is 0. The molecule has 0 N–H and O–H groups in total. The summed E-state index contributed by atoms with van der Waals surface area (Å²) in [6.07, 6.45) is 0. The first kappa shape index (κ1) is 18.9. The van der Waals surface area contributed by atoms with Gasteiger partial charge in [0.15, 0.2) is 11.5 Å². The van der Waals surface area contributed by atoms with E-state index in [0.717, 1.165) is 33.2 Å². The van der Waals surface area contributed by atoms with Gasteiger partial charge in [-0.15, -0.1) is 0 Å². The van der Waals surface area contributed by atoms with Crippen molar-refractivity contribution in [1.82, 2.24) is 0 Å². The first-order chi connectivity index (χ1) is 14.2. The molecule has 0 aliphatic rings. The van der Waals surface area contributed by atoms with Gasteiger partial charge in [-0.25, -0.2) is 0 Å². The molecule has 3 heteroatoms. The van der Waals surface area contributed by atoms with E-state index in [0.29, 0.717) is 18.1 Å². The van der Waals surface area contributed by atoms with Gasteiger partial charge in [0.1, 0.15) is 12.4 Å². The summed E-state index contributed by atoms with van der Waals surface area (Å²) in [6.45, 7) is 2.63. The molecule has 4 aromatic carbocycles. The van der Waals surface area contributed by atoms with E-state index in [4.69, 9.17) is 14.2 Å². The molecule has 0 aliphatic carbocycles. The third-order valence-corrected chi connectivity index (χ3v) is 5.10. The lowest BCUT2D eigenvalue weighted by Crippen LogP contribution is -1.99. The Labute approximate surface area is 171 Å². The van der Waals surface area contributed by atoms with Gasteiger partial charge in [0.05, 0.1) is 14.2 Å². The van der Waals surface area contributed by atoms with Crippen molar-refractivity contribution in [2.24, 2.45) is 0 Å². The highest BCUT2D eigenvalue weighted by Crippen LogP contribution is 2.43. The molecule has 4 aromatic rings. The normalized spacial score (nSPS) is 10.7. The highest BCUT2D eigenvalue weighted by molar-refractivity contribution is 6.03. The van der Waals surface area contributed by atoms with Crippen LogP contribution in [0.3, 0.4) is 0 Å². The molecular formula is C26H24O3. The van der Waals surface area contributed by atoms with E-state index in [-0.39, 0.29) is 0 Å². The first-order valence-electron chi connectivity index (χ1n) is 9.62. The Morgan fingerprint density at radius 2 is 1.24 bits per heavy atom. The summed E-state index contributed by atoms with van der Waals surface area (Å²) in [7, 11) is 3.31. The molecule has 3 nitrogen and oxygen atoms in total. The van der Waals surface area contributed by atoms with E-state index >= 15 is 0 Å². The van der Waals surface area contributed by atoms with Crippen molar-refractivity contribution in [3.8, 4) is 28.4 Å². The maximum absolute atomic E-state index is 6.25. The molecule has 146 valence electrons. The monoisotopic (exact) mass is 384 g/mol. The van der Waals surface area contributed by atoms with Crippen LogP contribution in [0.1, 0.15) is 11.1 Å². The second-order valence-electron chi connectivity index (χ2n) is 6.96. The molecule has 0 atom stereocenters. The predicted molar refractivity (Wildman–Crippen MR) is 118 cm³/mol. The van der Waals surface area contributed by atoms with Crippen LogP contribution in [-0.4, -0.2) is 14.2 Å². The van der Waals surface area contributed by atoms with Crippen molar-refractivity contribution in [3.05, 3.63) is 90.0 Å². The predicted octanol–water partition coefficient (Wildman–Crippen LogP) is 6.41. The number of methoxy groups -OCH3 is 2. The number of hydrogen-bond acceptors (Lipinski definition) is 3. The molecule has 0 spiro atoms. The smallest absolute Gasteiger partial charge is 0.161 e. The standard InChI is InChI=1S/C26H24O3/c1-18-14-23(29-17-19-10-6-4-7-11-19)21-15-24(27-2)25(28-3)16-22(21)26(18)20-12-8-5-9-13-20/h4-16H,17H2,1-3H3. The van der Waals surface area contributed by atoms with Crippen LogP contribution in [0.4, 0.5) is 0 Å². The van der Waals surface area contributed by atoms with Crippen LogP contribution in [0.2, 0.25) is 0 Å². The Balaban J connectivity index is 1.90. The van der Waals surface area contributed by atoms with Gasteiger partial charge >= 0.3 is 0 Å². The molecule has 0 saturated heterocycles. The average Bonchev–Trinajstić information content (AvgIpc) is 2.77. The van der Waals surface area contributed by atoms with Crippen LogP contribution in [0.15, 0.2) is 78.9 Å². The van der Waals surface area contributed by atoms with Crippen LogP contribution < -0.4 is 14.2 Å². The zero-order valence-electron chi connectivity index (χ0n) is 16.9. The average molecular weight is 384 g/mol. The number of fused-ring (bicyclic) bond motifs is 1. The largest absolute Gasteiger partial charge is 0.493 e. The van der Waals surface area contributed by atoms with E-state index in [1.807, 2.05) is 36.4 Å². The van der Waals surface area contributed by atoms with Gasteiger partial charge in [-0.05, 0) is 52.8 Å². The molecule has 0 radical (unpaired) electrons. The van der Waals surface area contributed by atoms with E-state index in [2.05, 4.69) is 49.4 Å². The van der Waals surface area contributed by atoms with Crippen LogP contribution in [0, 0.1) is 6.92 Å². The Hall–Kier alpha value is -3.46. The molecule has 0 unspecified atom stereocenters. The topological polar surface area (TPSA) is 27.7 Å². The Morgan fingerprint density at radius 1 is 0.655 bits per heavy atom. The molecular weight excluding hydrogens is 360 g/mol. The zero-order valence-corrected chi connectivity index (χ0v) is 16.9. The minimum absolute atomic E-state index is 0.508. The van der Waals surface area contributed by atoms with Gasteiger partial charge < -0.3 is 14.2 Å². The molecule has 0 heterocycles. The van der Waals surface area contributed by atoms with Gasteiger partial charge in [0, 0.05) is 5.39 Å². The lowest BCUT2D eigenvalue weighted by Gasteiger charge is -2.18. The van der Waals surface area contributed by atoms with Crippen molar-refractivity contribution < 1.29 is 14.2 Å². The lowest BCUT2D eigenvalue weighted by molar-refractivity contribution is 0.309. The number of rotatable bonds is 6. The molecule has 0 amide bonds. The van der Waals surface area contributed by atoms with E-state index in [1.54, 1.807) is 14.2 Å². The lowest BCUT2D eigenvalue weighted by atomic mass is 9.93.